The van der Waals surface area contributed by atoms with E-state index in [1.807, 2.05) is 6.07 Å². The normalized spacial score (nSPS) is 27.7. The molecule has 0 spiro atoms. The van der Waals surface area contributed by atoms with Crippen molar-refractivity contribution in [1.29, 1.82) is 5.26 Å². The average Bonchev–Trinajstić information content (AvgIpc) is 3.66. The number of unbranched alkanes of at least 4 members (excludes halogenated alkanes) is 1. The summed E-state index contributed by atoms with van der Waals surface area (Å²) in [6.07, 6.45) is 8.69. The number of hydrogen-bond acceptors (Lipinski definition) is 13. The van der Waals surface area contributed by atoms with Crippen molar-refractivity contribution < 1.29 is 53.6 Å². The molecule has 18 heteroatoms. The van der Waals surface area contributed by atoms with Gasteiger partial charge >= 0.3 is 12.1 Å². The number of aliphatic hydroxyl groups excluding tert-OH is 2. The van der Waals surface area contributed by atoms with E-state index in [4.69, 9.17) is 4.74 Å². The number of aliphatic carboxylic acids is 1. The maximum atomic E-state index is 13.7. The van der Waals surface area contributed by atoms with Crippen LogP contribution >= 0.6 is 11.3 Å². The molecule has 11 atom stereocenters. The summed E-state index contributed by atoms with van der Waals surface area (Å²) in [7, 11) is 1.59. The number of nitrogens with zero attached hydrogens (tertiary/aromatic N) is 4. The summed E-state index contributed by atoms with van der Waals surface area (Å²) in [5, 5.41) is 47.3. The standard InChI is InChI=1S/C60H84N6O11S/c1-34(41-17-18-42-52-43(22-24-60(41,42)8)59(7)23-21-39(67)29-38(59)30-46(52)68)15-20-49(70)63-45(56(74)75)13-10-11-25-62-48(69)14-12-26-66(57(76)77-40-16-19-44-47(31-40)78-50(33-61)64-44)28-27-65(9)51(71)32-58(5,6)53-37(4)54(72)35(2)36(3)55(53)73/h16,19,31,34,38-39,41-43,45-46,52,67-68H,10-15,17-18,20-30,32H2,1-9H3,(H,62,69)(H,63,70)(H,74,75)/t34-,38+,39-,41?,42+,43+,45?,46-,52+,59+,60-/m1/s1. The lowest BCUT2D eigenvalue weighted by Gasteiger charge is -2.62. The lowest BCUT2D eigenvalue weighted by atomic mass is 9.43. The molecule has 5 N–H and O–H groups in total. The van der Waals surface area contributed by atoms with Crippen LogP contribution in [0.4, 0.5) is 4.79 Å². The van der Waals surface area contributed by atoms with Gasteiger partial charge in [-0.15, -0.1) is 11.3 Å². The Balaban J connectivity index is 0.849. The number of Topliss-reactive ketones (excluding diaryl/α,β-unsaturated/α-hetero) is 2. The Labute approximate surface area is 464 Å². The molecule has 1 aromatic carbocycles. The third-order valence-corrected chi connectivity index (χ3v) is 20.4. The summed E-state index contributed by atoms with van der Waals surface area (Å²) in [5.74, 6) is -0.0114. The van der Waals surface area contributed by atoms with Gasteiger partial charge < -0.3 is 40.5 Å². The minimum atomic E-state index is -1.11. The van der Waals surface area contributed by atoms with E-state index in [0.717, 1.165) is 62.7 Å². The van der Waals surface area contributed by atoms with Crippen molar-refractivity contribution in [3.05, 3.63) is 45.5 Å². The number of carboxylic acids is 1. The molecule has 78 heavy (non-hydrogen) atoms. The number of nitrogens with one attached hydrogen (secondary N) is 2. The molecule has 7 rings (SSSR count). The summed E-state index contributed by atoms with van der Waals surface area (Å²) >= 11 is 1.16. The van der Waals surface area contributed by atoms with Gasteiger partial charge in [0.15, 0.2) is 16.6 Å². The molecule has 0 saturated heterocycles. The number of nitriles is 1. The third-order valence-electron chi connectivity index (χ3n) is 19.5. The number of ketones is 2. The molecule has 0 bridgehead atoms. The minimum absolute atomic E-state index is 0.0474. The third kappa shape index (κ3) is 13.1. The monoisotopic (exact) mass is 1100 g/mol. The number of aromatic nitrogens is 1. The highest BCUT2D eigenvalue weighted by atomic mass is 32.1. The van der Waals surface area contributed by atoms with Gasteiger partial charge in [0.1, 0.15) is 17.9 Å². The Hall–Kier alpha value is -5.51. The maximum Gasteiger partial charge on any atom is 0.415 e. The van der Waals surface area contributed by atoms with E-state index in [0.29, 0.717) is 75.4 Å². The largest absolute Gasteiger partial charge is 0.480 e. The fourth-order valence-electron chi connectivity index (χ4n) is 14.9. The summed E-state index contributed by atoms with van der Waals surface area (Å²) in [4.78, 5) is 99.4. The number of benzene rings is 1. The topological polar surface area (TPSA) is 257 Å². The second-order valence-electron chi connectivity index (χ2n) is 24.8. The molecule has 5 aliphatic carbocycles. The van der Waals surface area contributed by atoms with Crippen molar-refractivity contribution in [2.45, 2.75) is 176 Å². The molecular formula is C60H84N6O11S. The van der Waals surface area contributed by atoms with Gasteiger partial charge in [0, 0.05) is 86.3 Å². The molecule has 4 fully saturated rings. The van der Waals surface area contributed by atoms with Crippen LogP contribution in [0, 0.1) is 63.1 Å². The maximum absolute atomic E-state index is 13.7. The zero-order chi connectivity index (χ0) is 57.0. The highest BCUT2D eigenvalue weighted by Crippen LogP contribution is 2.68. The van der Waals surface area contributed by atoms with Crippen LogP contribution in [-0.2, 0) is 28.8 Å². The van der Waals surface area contributed by atoms with Gasteiger partial charge in [0.25, 0.3) is 0 Å². The number of hydrogen-bond donors (Lipinski definition) is 5. The van der Waals surface area contributed by atoms with Gasteiger partial charge in [-0.25, -0.2) is 14.6 Å². The van der Waals surface area contributed by atoms with E-state index in [-0.39, 0.29) is 133 Å². The first kappa shape index (κ1) is 60.1. The van der Waals surface area contributed by atoms with Crippen LogP contribution in [-0.4, -0.2) is 123 Å². The number of ether oxygens (including phenoxy) is 1. The molecular weight excluding hydrogens is 1010 g/mol. The Morgan fingerprint density at radius 1 is 0.885 bits per heavy atom. The van der Waals surface area contributed by atoms with E-state index < -0.39 is 23.5 Å². The summed E-state index contributed by atoms with van der Waals surface area (Å²) in [6, 6.07) is 5.80. The molecule has 0 radical (unpaired) electrons. The lowest BCUT2D eigenvalue weighted by molar-refractivity contribution is -0.174. The van der Waals surface area contributed by atoms with E-state index in [9.17, 15) is 54.1 Å². The van der Waals surface area contributed by atoms with Gasteiger partial charge in [-0.1, -0.05) is 34.6 Å². The molecule has 1 heterocycles. The summed E-state index contributed by atoms with van der Waals surface area (Å²) in [5.41, 5.74) is 1.25. The molecule has 17 nitrogen and oxygen atoms in total. The van der Waals surface area contributed by atoms with Gasteiger partial charge in [-0.2, -0.15) is 5.26 Å². The molecule has 1 aromatic heterocycles. The zero-order valence-corrected chi connectivity index (χ0v) is 48.2. The molecule has 0 aliphatic heterocycles. The molecule has 426 valence electrons. The molecule has 4 amide bonds. The van der Waals surface area contributed by atoms with Crippen LogP contribution in [0.1, 0.15) is 163 Å². The van der Waals surface area contributed by atoms with Gasteiger partial charge in [0.05, 0.1) is 22.4 Å². The highest BCUT2D eigenvalue weighted by molar-refractivity contribution is 7.19. The SMILES string of the molecule is CC1=C(C)C(=O)C(C(C)(C)CC(=O)N(C)CCN(CCCC(=O)NCCCCC(NC(=O)CC[C@@H](C)C2CC[C@H]3[C@@H]4[C@H](O)C[C@@H]5C[C@H](O)CC[C@]5(C)[C@H]4CC[C@]23C)C(=O)O)C(=O)Oc2ccc3nc(C#N)sc3c2)=C(C)C1=O. The van der Waals surface area contributed by atoms with Gasteiger partial charge in [0.2, 0.25) is 17.7 Å². The number of likely N-dealkylation sites (N-methyl/N-ethyl adjacent to an activating group) is 1. The second-order valence-corrected chi connectivity index (χ2v) is 25.8. The number of carbonyl (C=O) groups excluding carboxylic acids is 6. The first-order valence-electron chi connectivity index (χ1n) is 28.4. The number of amides is 4. The van der Waals surface area contributed by atoms with Crippen LogP contribution < -0.4 is 15.4 Å². The Kier molecular flexibility index (Phi) is 19.2. The molecule has 5 aliphatic rings. The average molecular weight is 1100 g/mol. The predicted molar refractivity (Wildman–Crippen MR) is 296 cm³/mol. The fourth-order valence-corrected chi connectivity index (χ4v) is 15.7. The van der Waals surface area contributed by atoms with E-state index in [1.54, 1.807) is 59.9 Å². The number of fused-ring (bicyclic) bond motifs is 6. The molecule has 2 aromatic rings. The quantitative estimate of drug-likeness (QED) is 0.0547. The number of rotatable bonds is 22. The number of aliphatic hydroxyl groups is 2. The van der Waals surface area contributed by atoms with Crippen molar-refractivity contribution in [2.24, 2.45) is 51.8 Å². The van der Waals surface area contributed by atoms with E-state index in [1.165, 1.54) is 9.80 Å². The van der Waals surface area contributed by atoms with Gasteiger partial charge in [-0.05, 0) is 163 Å². The Morgan fingerprint density at radius 2 is 1.59 bits per heavy atom. The van der Waals surface area contributed by atoms with Crippen molar-refractivity contribution >= 4 is 62.9 Å². The van der Waals surface area contributed by atoms with E-state index >= 15 is 0 Å². The van der Waals surface area contributed by atoms with Crippen LogP contribution in [0.2, 0.25) is 0 Å². The second kappa shape index (κ2) is 24.9. The van der Waals surface area contributed by atoms with Gasteiger partial charge in [-0.3, -0.25) is 24.0 Å². The van der Waals surface area contributed by atoms with Crippen LogP contribution in [0.15, 0.2) is 40.5 Å². The highest BCUT2D eigenvalue weighted by Gasteiger charge is 2.63. The smallest absolute Gasteiger partial charge is 0.415 e. The predicted octanol–water partition coefficient (Wildman–Crippen LogP) is 8.69. The number of carbonyl (C=O) groups is 7. The first-order chi connectivity index (χ1) is 36.8. The molecule has 4 saturated carbocycles. The van der Waals surface area contributed by atoms with Crippen molar-refractivity contribution in [3.63, 3.8) is 0 Å². The van der Waals surface area contributed by atoms with Crippen molar-refractivity contribution in [1.82, 2.24) is 25.4 Å². The zero-order valence-electron chi connectivity index (χ0n) is 47.4. The summed E-state index contributed by atoms with van der Waals surface area (Å²) < 4.78 is 6.42. The van der Waals surface area contributed by atoms with Crippen LogP contribution in [0.25, 0.3) is 10.2 Å². The fraction of sp³-hybridized carbons (Fsp3) is 0.683. The van der Waals surface area contributed by atoms with Crippen molar-refractivity contribution in [3.8, 4) is 11.8 Å². The van der Waals surface area contributed by atoms with Crippen LogP contribution in [0.5, 0.6) is 5.75 Å². The lowest BCUT2D eigenvalue weighted by Crippen LogP contribution is -2.58. The summed E-state index contributed by atoms with van der Waals surface area (Å²) in [6.45, 7) is 16.0. The van der Waals surface area contributed by atoms with E-state index in [2.05, 4.69) is 36.4 Å². The number of thiazole rings is 1. The number of carboxylic acid groups (broad SMARTS) is 1. The Bertz CT molecular complexity index is 2740. The Morgan fingerprint density at radius 3 is 2.31 bits per heavy atom. The van der Waals surface area contributed by atoms with Crippen LogP contribution in [0.3, 0.4) is 0 Å². The number of allylic oxidation sites excluding steroid dienone is 4. The minimum Gasteiger partial charge on any atom is -0.480 e. The van der Waals surface area contributed by atoms with Crippen molar-refractivity contribution in [2.75, 3.05) is 33.2 Å². The first-order valence-corrected chi connectivity index (χ1v) is 29.3. The molecule has 2 unspecified atom stereocenters.